The molecule has 0 radical (unpaired) electrons. The molecular formula is C15H21BrClN5O3. The molecule has 1 unspecified atom stereocenters. The number of alkyl carbamates (subject to hydrolysis) is 1. The van der Waals surface area contributed by atoms with Gasteiger partial charge in [0.25, 0.3) is 0 Å². The molecule has 10 heteroatoms. The highest BCUT2D eigenvalue weighted by atomic mass is 79.9. The van der Waals surface area contributed by atoms with Gasteiger partial charge < -0.3 is 19.9 Å². The van der Waals surface area contributed by atoms with Gasteiger partial charge in [0.1, 0.15) is 11.9 Å². The van der Waals surface area contributed by atoms with Crippen molar-refractivity contribution < 1.29 is 14.3 Å². The molecule has 2 heterocycles. The summed E-state index contributed by atoms with van der Waals surface area (Å²) in [5.41, 5.74) is 0. The molecule has 0 aliphatic carbocycles. The van der Waals surface area contributed by atoms with Crippen LogP contribution < -0.4 is 10.2 Å². The molecule has 8 nitrogen and oxygen atoms in total. The van der Waals surface area contributed by atoms with Crippen LogP contribution in [0.25, 0.3) is 0 Å². The number of carbonyl (C=O) groups is 2. The zero-order valence-corrected chi connectivity index (χ0v) is 16.7. The van der Waals surface area contributed by atoms with Crippen molar-refractivity contribution in [2.24, 2.45) is 5.92 Å². The fourth-order valence-corrected chi connectivity index (χ4v) is 3.16. The Kier molecular flexibility index (Phi) is 6.83. The number of carbonyl (C=O) groups excluding carboxylic acids is 2. The minimum atomic E-state index is -0.612. The molecule has 0 saturated carbocycles. The second kappa shape index (κ2) is 8.66. The molecule has 2 amide bonds. The highest BCUT2D eigenvalue weighted by Gasteiger charge is 2.31. The van der Waals surface area contributed by atoms with Crippen LogP contribution in [0.1, 0.15) is 13.8 Å². The van der Waals surface area contributed by atoms with Crippen molar-refractivity contribution in [2.45, 2.75) is 19.9 Å². The first-order valence-corrected chi connectivity index (χ1v) is 9.06. The van der Waals surface area contributed by atoms with Gasteiger partial charge in [-0.05, 0) is 33.4 Å². The Hall–Kier alpha value is -1.61. The third kappa shape index (κ3) is 4.94. The van der Waals surface area contributed by atoms with E-state index in [4.69, 9.17) is 11.6 Å². The number of rotatable bonds is 4. The molecule has 1 aromatic heterocycles. The summed E-state index contributed by atoms with van der Waals surface area (Å²) in [6.45, 7) is 6.04. The lowest BCUT2D eigenvalue weighted by Crippen LogP contribution is -2.56. The van der Waals surface area contributed by atoms with Crippen molar-refractivity contribution in [3.05, 3.63) is 16.0 Å². The molecule has 1 N–H and O–H groups in total. The monoisotopic (exact) mass is 433 g/mol. The zero-order valence-electron chi connectivity index (χ0n) is 14.3. The highest BCUT2D eigenvalue weighted by Crippen LogP contribution is 2.25. The van der Waals surface area contributed by atoms with Crippen LogP contribution in [0.2, 0.25) is 5.28 Å². The lowest BCUT2D eigenvalue weighted by atomic mass is 10.0. The van der Waals surface area contributed by atoms with Crippen LogP contribution in [0, 0.1) is 5.92 Å². The third-order valence-electron chi connectivity index (χ3n) is 3.98. The summed E-state index contributed by atoms with van der Waals surface area (Å²) in [5, 5.41) is 2.79. The Labute approximate surface area is 160 Å². The van der Waals surface area contributed by atoms with Crippen molar-refractivity contribution in [3.8, 4) is 0 Å². The van der Waals surface area contributed by atoms with Crippen LogP contribution in [0.3, 0.4) is 0 Å². The van der Waals surface area contributed by atoms with Crippen molar-refractivity contribution in [3.63, 3.8) is 0 Å². The van der Waals surface area contributed by atoms with E-state index in [2.05, 4.69) is 36.0 Å². The largest absolute Gasteiger partial charge is 0.453 e. The number of nitrogens with zero attached hydrogens (tertiary/aromatic N) is 4. The zero-order chi connectivity index (χ0) is 18.6. The van der Waals surface area contributed by atoms with Crippen LogP contribution >= 0.6 is 27.5 Å². The average molecular weight is 435 g/mol. The molecule has 0 bridgehead atoms. The van der Waals surface area contributed by atoms with Crippen molar-refractivity contribution in [1.29, 1.82) is 0 Å². The molecule has 1 fully saturated rings. The minimum Gasteiger partial charge on any atom is -0.453 e. The molecule has 138 valence electrons. The molecule has 2 rings (SSSR count). The van der Waals surface area contributed by atoms with Crippen LogP contribution in [-0.2, 0) is 9.53 Å². The molecule has 1 aromatic rings. The third-order valence-corrected chi connectivity index (χ3v) is 4.72. The van der Waals surface area contributed by atoms with E-state index in [1.165, 1.54) is 7.11 Å². The maximum absolute atomic E-state index is 12.7. The second-order valence-electron chi connectivity index (χ2n) is 5.98. The number of halogens is 2. The van der Waals surface area contributed by atoms with E-state index in [-0.39, 0.29) is 17.1 Å². The van der Waals surface area contributed by atoms with Crippen molar-refractivity contribution in [1.82, 2.24) is 20.2 Å². The lowest BCUT2D eigenvalue weighted by molar-refractivity contribution is -0.134. The molecule has 1 aliphatic heterocycles. The Balaban J connectivity index is 2.01. The summed E-state index contributed by atoms with van der Waals surface area (Å²) in [6.07, 6.45) is 1.00. The number of anilines is 1. The summed E-state index contributed by atoms with van der Waals surface area (Å²) in [5.74, 6) is 0.555. The SMILES string of the molecule is COC(=O)NC(C(=O)N1CCN(c2nc(Cl)ncc2Br)CC1)C(C)C. The standard InChI is InChI=1S/C15H21BrClN5O3/c1-9(2)11(19-15(24)25-3)13(23)22-6-4-21(5-7-22)12-10(16)8-18-14(17)20-12/h8-9,11H,4-7H2,1-3H3,(H,19,24). The molecular weight excluding hydrogens is 414 g/mol. The normalized spacial score (nSPS) is 15.9. The first-order valence-electron chi connectivity index (χ1n) is 7.89. The van der Waals surface area contributed by atoms with Crippen LogP contribution in [0.15, 0.2) is 10.7 Å². The Morgan fingerprint density at radius 3 is 2.52 bits per heavy atom. The lowest BCUT2D eigenvalue weighted by Gasteiger charge is -2.37. The number of methoxy groups -OCH3 is 1. The van der Waals surface area contributed by atoms with Crippen LogP contribution in [0.4, 0.5) is 10.6 Å². The highest BCUT2D eigenvalue weighted by molar-refractivity contribution is 9.10. The van der Waals surface area contributed by atoms with Gasteiger partial charge in [-0.3, -0.25) is 4.79 Å². The molecule has 25 heavy (non-hydrogen) atoms. The van der Waals surface area contributed by atoms with Gasteiger partial charge in [0, 0.05) is 32.4 Å². The first-order chi connectivity index (χ1) is 11.8. The number of nitrogens with one attached hydrogen (secondary N) is 1. The number of hydrogen-bond donors (Lipinski definition) is 1. The number of amides is 2. The number of aromatic nitrogens is 2. The maximum Gasteiger partial charge on any atom is 0.407 e. The second-order valence-corrected chi connectivity index (χ2v) is 7.17. The fraction of sp³-hybridized carbons (Fsp3) is 0.600. The predicted molar refractivity (Wildman–Crippen MR) is 97.7 cm³/mol. The average Bonchev–Trinajstić information content (AvgIpc) is 2.60. The van der Waals surface area contributed by atoms with Gasteiger partial charge in [-0.1, -0.05) is 13.8 Å². The van der Waals surface area contributed by atoms with E-state index >= 15 is 0 Å². The topological polar surface area (TPSA) is 87.7 Å². The van der Waals surface area contributed by atoms with Gasteiger partial charge in [-0.25, -0.2) is 9.78 Å². The molecule has 1 aliphatic rings. The van der Waals surface area contributed by atoms with Gasteiger partial charge in [0.15, 0.2) is 0 Å². The van der Waals surface area contributed by atoms with Crippen LogP contribution in [-0.4, -0.2) is 66.2 Å². The van der Waals surface area contributed by atoms with Gasteiger partial charge in [-0.15, -0.1) is 0 Å². The van der Waals surface area contributed by atoms with E-state index in [1.54, 1.807) is 11.1 Å². The molecule has 0 aromatic carbocycles. The minimum absolute atomic E-state index is 0.0422. The van der Waals surface area contributed by atoms with Crippen molar-refractivity contribution in [2.75, 3.05) is 38.2 Å². The smallest absolute Gasteiger partial charge is 0.407 e. The Morgan fingerprint density at radius 2 is 1.96 bits per heavy atom. The van der Waals surface area contributed by atoms with E-state index in [9.17, 15) is 9.59 Å². The van der Waals surface area contributed by atoms with E-state index in [0.29, 0.717) is 32.0 Å². The van der Waals surface area contributed by atoms with Gasteiger partial charge in [0.05, 0.1) is 11.6 Å². The first kappa shape index (κ1) is 19.7. The van der Waals surface area contributed by atoms with E-state index in [1.807, 2.05) is 18.7 Å². The maximum atomic E-state index is 12.7. The summed E-state index contributed by atoms with van der Waals surface area (Å²) < 4.78 is 5.36. The molecule has 0 spiro atoms. The summed E-state index contributed by atoms with van der Waals surface area (Å²) in [6, 6.07) is -0.612. The summed E-state index contributed by atoms with van der Waals surface area (Å²) >= 11 is 9.29. The number of hydrogen-bond acceptors (Lipinski definition) is 6. The quantitative estimate of drug-likeness (QED) is 0.729. The number of ether oxygens (including phenoxy) is 1. The van der Waals surface area contributed by atoms with E-state index < -0.39 is 12.1 Å². The van der Waals surface area contributed by atoms with Gasteiger partial charge >= 0.3 is 6.09 Å². The molecule has 1 saturated heterocycles. The molecule has 1 atom stereocenters. The summed E-state index contributed by atoms with van der Waals surface area (Å²) in [7, 11) is 1.28. The van der Waals surface area contributed by atoms with Crippen LogP contribution in [0.5, 0.6) is 0 Å². The van der Waals surface area contributed by atoms with Gasteiger partial charge in [-0.2, -0.15) is 4.98 Å². The number of piperazine rings is 1. The fourth-order valence-electron chi connectivity index (χ4n) is 2.59. The Bertz CT molecular complexity index is 638. The van der Waals surface area contributed by atoms with Crippen molar-refractivity contribution >= 4 is 45.3 Å². The summed E-state index contributed by atoms with van der Waals surface area (Å²) in [4.78, 5) is 36.2. The van der Waals surface area contributed by atoms with Gasteiger partial charge in [0.2, 0.25) is 11.2 Å². The van der Waals surface area contributed by atoms with E-state index in [0.717, 1.165) is 4.47 Å². The predicted octanol–water partition coefficient (Wildman–Crippen LogP) is 1.92. The Morgan fingerprint density at radius 1 is 1.32 bits per heavy atom.